The maximum atomic E-state index is 13.6. The van der Waals surface area contributed by atoms with E-state index in [0.717, 1.165) is 11.1 Å². The summed E-state index contributed by atoms with van der Waals surface area (Å²) in [5.74, 6) is -0.805. The first-order valence-electron chi connectivity index (χ1n) is 7.77. The highest BCUT2D eigenvalue weighted by molar-refractivity contribution is 5.86. The molecule has 0 radical (unpaired) electrons. The first kappa shape index (κ1) is 15.4. The highest BCUT2D eigenvalue weighted by Gasteiger charge is 2.59. The minimum atomic E-state index is -2.65. The van der Waals surface area contributed by atoms with Crippen LogP contribution in [0.15, 0.2) is 18.2 Å². The van der Waals surface area contributed by atoms with E-state index >= 15 is 0 Å². The van der Waals surface area contributed by atoms with Gasteiger partial charge in [-0.25, -0.2) is 13.2 Å². The molecule has 2 fully saturated rings. The van der Waals surface area contributed by atoms with Crippen LogP contribution >= 0.6 is 0 Å². The molecule has 1 unspecified atom stereocenters. The number of rotatable bonds is 3. The summed E-state index contributed by atoms with van der Waals surface area (Å²) in [6.45, 7) is 3.44. The summed E-state index contributed by atoms with van der Waals surface area (Å²) in [5.41, 5.74) is -0.0543. The average Bonchev–Trinajstić information content (AvgIpc) is 2.96. The Morgan fingerprint density at radius 1 is 1.32 bits per heavy atom. The third-order valence-corrected chi connectivity index (χ3v) is 5.26. The Kier molecular flexibility index (Phi) is 3.69. The normalized spacial score (nSPS) is 31.2. The van der Waals surface area contributed by atoms with Gasteiger partial charge in [0.1, 0.15) is 11.2 Å². The second-order valence-corrected chi connectivity index (χ2v) is 6.54. The first-order chi connectivity index (χ1) is 10.4. The molecule has 120 valence electrons. The fraction of sp³-hybridized carbons (Fsp3) is 0.588. The lowest BCUT2D eigenvalue weighted by atomic mass is 9.81. The van der Waals surface area contributed by atoms with Crippen LogP contribution in [0.2, 0.25) is 0 Å². The van der Waals surface area contributed by atoms with Crippen LogP contribution in [0, 0.1) is 18.2 Å². The minimum Gasteiger partial charge on any atom is -0.332 e. The monoisotopic (exact) mass is 311 g/mol. The largest absolute Gasteiger partial charge is 0.332 e. The van der Waals surface area contributed by atoms with Crippen molar-refractivity contribution in [2.45, 2.75) is 58.0 Å². The molecule has 3 rings (SSSR count). The van der Waals surface area contributed by atoms with Gasteiger partial charge in [0.15, 0.2) is 0 Å². The molecule has 22 heavy (non-hydrogen) atoms. The summed E-state index contributed by atoms with van der Waals surface area (Å²) in [4.78, 5) is 14.3. The van der Waals surface area contributed by atoms with Crippen molar-refractivity contribution >= 4 is 5.91 Å². The van der Waals surface area contributed by atoms with Crippen molar-refractivity contribution < 1.29 is 18.0 Å². The molecular weight excluding hydrogens is 291 g/mol. The molecule has 2 saturated heterocycles. The summed E-state index contributed by atoms with van der Waals surface area (Å²) in [6, 6.07) is 4.27. The number of nitrogens with zero attached hydrogens (tertiary/aromatic N) is 1. The molecule has 2 nitrogen and oxygen atoms in total. The number of hydrogen-bond acceptors (Lipinski definition) is 1. The Morgan fingerprint density at radius 2 is 2.05 bits per heavy atom. The van der Waals surface area contributed by atoms with Crippen LogP contribution in [0.25, 0.3) is 0 Å². The van der Waals surface area contributed by atoms with Crippen LogP contribution in [-0.2, 0) is 4.79 Å². The van der Waals surface area contributed by atoms with Crippen LogP contribution in [0.5, 0.6) is 0 Å². The minimum absolute atomic E-state index is 0.143. The van der Waals surface area contributed by atoms with E-state index in [1.807, 2.05) is 6.07 Å². The number of benzene rings is 1. The van der Waals surface area contributed by atoms with Crippen molar-refractivity contribution in [2.75, 3.05) is 0 Å². The number of hydrogen-bond donors (Lipinski definition) is 0. The van der Waals surface area contributed by atoms with Crippen molar-refractivity contribution in [1.82, 2.24) is 4.90 Å². The lowest BCUT2D eigenvalue weighted by Gasteiger charge is -2.29. The molecule has 0 saturated carbocycles. The molecular formula is C17H20F3NO. The highest BCUT2D eigenvalue weighted by atomic mass is 19.3. The predicted molar refractivity (Wildman–Crippen MR) is 77.1 cm³/mol. The molecule has 1 aromatic rings. The number of carbonyl (C=O) groups is 1. The fourth-order valence-electron chi connectivity index (χ4n) is 4.07. The van der Waals surface area contributed by atoms with E-state index in [9.17, 15) is 18.0 Å². The fourth-order valence-corrected chi connectivity index (χ4v) is 4.07. The molecule has 0 bridgehead atoms. The van der Waals surface area contributed by atoms with E-state index in [4.69, 9.17) is 0 Å². The van der Waals surface area contributed by atoms with Gasteiger partial charge in [-0.15, -0.1) is 0 Å². The van der Waals surface area contributed by atoms with Crippen molar-refractivity contribution in [3.05, 3.63) is 35.1 Å². The summed E-state index contributed by atoms with van der Waals surface area (Å²) in [6.07, 6.45) is -0.871. The van der Waals surface area contributed by atoms with Gasteiger partial charge in [0.2, 0.25) is 5.91 Å². The summed E-state index contributed by atoms with van der Waals surface area (Å²) in [5, 5.41) is 0. The Balaban J connectivity index is 1.96. The van der Waals surface area contributed by atoms with Crippen LogP contribution in [-0.4, -0.2) is 23.3 Å². The van der Waals surface area contributed by atoms with E-state index in [-0.39, 0.29) is 30.7 Å². The Bertz CT molecular complexity index is 583. The van der Waals surface area contributed by atoms with E-state index < -0.39 is 17.7 Å². The maximum absolute atomic E-state index is 13.6. The molecule has 1 aromatic carbocycles. The molecule has 0 N–H and O–H groups in total. The summed E-state index contributed by atoms with van der Waals surface area (Å²) >= 11 is 0. The zero-order chi connectivity index (χ0) is 16.1. The van der Waals surface area contributed by atoms with Crippen molar-refractivity contribution in [1.29, 1.82) is 0 Å². The smallest absolute Gasteiger partial charge is 0.252 e. The van der Waals surface area contributed by atoms with Gasteiger partial charge in [0, 0.05) is 6.04 Å². The zero-order valence-corrected chi connectivity index (χ0v) is 12.8. The van der Waals surface area contributed by atoms with Crippen LogP contribution in [0.3, 0.4) is 0 Å². The maximum Gasteiger partial charge on any atom is 0.252 e. The quantitative estimate of drug-likeness (QED) is 0.818. The number of amides is 1. The van der Waals surface area contributed by atoms with E-state index in [1.54, 1.807) is 18.7 Å². The third-order valence-electron chi connectivity index (χ3n) is 5.26. The van der Waals surface area contributed by atoms with Crippen molar-refractivity contribution in [2.24, 2.45) is 5.41 Å². The van der Waals surface area contributed by atoms with Crippen LogP contribution in [0.4, 0.5) is 13.2 Å². The molecule has 2 aliphatic rings. The average molecular weight is 311 g/mol. The Labute approximate surface area is 128 Å². The van der Waals surface area contributed by atoms with Gasteiger partial charge >= 0.3 is 0 Å². The molecule has 0 aliphatic carbocycles. The van der Waals surface area contributed by atoms with Gasteiger partial charge in [-0.3, -0.25) is 4.79 Å². The lowest BCUT2D eigenvalue weighted by Crippen LogP contribution is -2.40. The van der Waals surface area contributed by atoms with Gasteiger partial charge in [-0.05, 0) is 55.9 Å². The number of alkyl halides is 2. The second kappa shape index (κ2) is 5.28. The summed E-state index contributed by atoms with van der Waals surface area (Å²) in [7, 11) is 0. The Hall–Kier alpha value is -1.52. The molecule has 3 atom stereocenters. The number of fused-ring (bicyclic) bond motifs is 1. The molecule has 1 amide bonds. The van der Waals surface area contributed by atoms with E-state index in [0.29, 0.717) is 12.8 Å². The molecule has 2 heterocycles. The van der Waals surface area contributed by atoms with Gasteiger partial charge in [0.05, 0.1) is 6.04 Å². The number of halogens is 3. The van der Waals surface area contributed by atoms with Gasteiger partial charge in [0.25, 0.3) is 6.43 Å². The van der Waals surface area contributed by atoms with Gasteiger partial charge in [-0.1, -0.05) is 13.0 Å². The predicted octanol–water partition coefficient (Wildman–Crippen LogP) is 4.23. The van der Waals surface area contributed by atoms with Crippen molar-refractivity contribution in [3.8, 4) is 0 Å². The Morgan fingerprint density at radius 3 is 2.64 bits per heavy atom. The third kappa shape index (κ3) is 2.13. The van der Waals surface area contributed by atoms with Crippen LogP contribution < -0.4 is 0 Å². The standard InChI is InChI=1S/C17H20F3NO/c1-3-17(15(19)20)9-13-4-5-14(21(13)16(17)22)11-6-10(2)7-12(18)8-11/h6-8,13-15H,3-5,9H2,1-2H3/t13-,14+,17?/m0/s1. The molecule has 0 aromatic heterocycles. The zero-order valence-electron chi connectivity index (χ0n) is 12.8. The summed E-state index contributed by atoms with van der Waals surface area (Å²) < 4.78 is 40.7. The number of carbonyl (C=O) groups excluding carboxylic acids is 1. The van der Waals surface area contributed by atoms with E-state index in [1.165, 1.54) is 12.1 Å². The van der Waals surface area contributed by atoms with Crippen molar-refractivity contribution in [3.63, 3.8) is 0 Å². The highest BCUT2D eigenvalue weighted by Crippen LogP contribution is 2.52. The SMILES string of the molecule is CCC1(C(F)F)C[C@@H]2CC[C@H](c3cc(C)cc(F)c3)N2C1=O. The number of aryl methyl sites for hydroxylation is 1. The molecule has 0 spiro atoms. The molecule has 5 heteroatoms. The topological polar surface area (TPSA) is 20.3 Å². The second-order valence-electron chi connectivity index (χ2n) is 6.54. The van der Waals surface area contributed by atoms with E-state index in [2.05, 4.69) is 0 Å². The molecule has 2 aliphatic heterocycles. The van der Waals surface area contributed by atoms with Gasteiger partial charge < -0.3 is 4.90 Å². The van der Waals surface area contributed by atoms with Crippen LogP contribution in [0.1, 0.15) is 49.8 Å². The first-order valence-corrected chi connectivity index (χ1v) is 7.77. The van der Waals surface area contributed by atoms with Gasteiger partial charge in [-0.2, -0.15) is 0 Å². The lowest BCUT2D eigenvalue weighted by molar-refractivity contribution is -0.146.